The Kier molecular flexibility index (Phi) is 7.53. The molecule has 3 aliphatic rings. The number of carbonyl (C=O) groups is 4. The molecule has 3 aliphatic carbocycles. The molecule has 0 spiro atoms. The molecule has 1 aromatic carbocycles. The van der Waals surface area contributed by atoms with Gasteiger partial charge in [-0.05, 0) is 42.6 Å². The Morgan fingerprint density at radius 3 is 2.32 bits per heavy atom. The number of hydrogen-bond donors (Lipinski definition) is 2. The number of primary amides is 1. The van der Waals surface area contributed by atoms with Gasteiger partial charge in [-0.3, -0.25) is 14.9 Å². The SMILES string of the molecule is CCOC(=O)C(CC(=O)OC1CC(C)C2CC1C2(C)C)(NC(=O)OCc1ccccc1)C(N)=O. The lowest BCUT2D eigenvalue weighted by Gasteiger charge is -2.61. The summed E-state index contributed by atoms with van der Waals surface area (Å²) in [5.41, 5.74) is 3.82. The molecule has 34 heavy (non-hydrogen) atoms. The van der Waals surface area contributed by atoms with Gasteiger partial charge < -0.3 is 19.9 Å². The molecule has 9 heteroatoms. The summed E-state index contributed by atoms with van der Waals surface area (Å²) < 4.78 is 15.9. The molecule has 5 unspecified atom stereocenters. The largest absolute Gasteiger partial charge is 0.464 e. The smallest absolute Gasteiger partial charge is 0.408 e. The second-order valence-electron chi connectivity index (χ2n) is 9.86. The van der Waals surface area contributed by atoms with Crippen molar-refractivity contribution in [1.29, 1.82) is 0 Å². The fourth-order valence-corrected chi connectivity index (χ4v) is 5.45. The lowest BCUT2D eigenvalue weighted by Crippen LogP contribution is -2.65. The van der Waals surface area contributed by atoms with Crippen molar-refractivity contribution in [3.05, 3.63) is 35.9 Å². The predicted molar refractivity (Wildman–Crippen MR) is 122 cm³/mol. The maximum Gasteiger partial charge on any atom is 0.408 e. The van der Waals surface area contributed by atoms with E-state index >= 15 is 0 Å². The number of rotatable bonds is 9. The second kappa shape index (κ2) is 10.0. The van der Waals surface area contributed by atoms with E-state index in [1.54, 1.807) is 24.3 Å². The monoisotopic (exact) mass is 474 g/mol. The maximum absolute atomic E-state index is 13.0. The van der Waals surface area contributed by atoms with Gasteiger partial charge in [0.2, 0.25) is 5.54 Å². The zero-order valence-corrected chi connectivity index (χ0v) is 20.2. The Morgan fingerprint density at radius 1 is 1.09 bits per heavy atom. The van der Waals surface area contributed by atoms with Crippen LogP contribution in [0.3, 0.4) is 0 Å². The molecule has 3 N–H and O–H groups in total. The number of alkyl carbamates (subject to hydrolysis) is 1. The van der Waals surface area contributed by atoms with Gasteiger partial charge in [0.15, 0.2) is 0 Å². The van der Waals surface area contributed by atoms with E-state index in [1.165, 1.54) is 6.92 Å². The molecule has 0 aliphatic heterocycles. The first-order chi connectivity index (χ1) is 16.0. The molecular formula is C25H34N2O7. The first kappa shape index (κ1) is 25.5. The van der Waals surface area contributed by atoms with E-state index in [9.17, 15) is 19.2 Å². The van der Waals surface area contributed by atoms with Gasteiger partial charge in [-0.25, -0.2) is 9.59 Å². The van der Waals surface area contributed by atoms with Crippen molar-refractivity contribution in [3.8, 4) is 0 Å². The highest BCUT2D eigenvalue weighted by Crippen LogP contribution is 2.61. The maximum atomic E-state index is 13.0. The van der Waals surface area contributed by atoms with Crippen molar-refractivity contribution in [2.24, 2.45) is 28.9 Å². The Bertz CT molecular complexity index is 932. The normalized spacial score (nSPS) is 26.2. The zero-order chi connectivity index (χ0) is 25.1. The van der Waals surface area contributed by atoms with E-state index in [-0.39, 0.29) is 30.7 Å². The van der Waals surface area contributed by atoms with E-state index < -0.39 is 35.9 Å². The van der Waals surface area contributed by atoms with Crippen molar-refractivity contribution < 1.29 is 33.4 Å². The molecule has 0 radical (unpaired) electrons. The molecule has 2 amide bonds. The first-order valence-electron chi connectivity index (χ1n) is 11.7. The van der Waals surface area contributed by atoms with Crippen molar-refractivity contribution in [1.82, 2.24) is 5.32 Å². The van der Waals surface area contributed by atoms with Crippen LogP contribution in [0.25, 0.3) is 0 Å². The standard InChI is InChI=1S/C25H34N2O7/c1-5-32-22(30)25(21(26)29,27-23(31)33-14-16-9-7-6-8-10-16)13-20(28)34-19-11-15(2)17-12-18(19)24(17,3)4/h6-10,15,17-19H,5,11-14H2,1-4H3,(H2,26,29)(H,27,31). The minimum absolute atomic E-state index is 0.0457. The van der Waals surface area contributed by atoms with Crippen LogP contribution >= 0.6 is 0 Å². The number of nitrogens with one attached hydrogen (secondary N) is 1. The average molecular weight is 475 g/mol. The van der Waals surface area contributed by atoms with Gasteiger partial charge in [0.1, 0.15) is 12.7 Å². The van der Waals surface area contributed by atoms with Gasteiger partial charge >= 0.3 is 18.0 Å². The minimum atomic E-state index is -2.45. The molecule has 186 valence electrons. The summed E-state index contributed by atoms with van der Waals surface area (Å²) in [6, 6.07) is 8.85. The third-order valence-electron chi connectivity index (χ3n) is 7.42. The van der Waals surface area contributed by atoms with Crippen LogP contribution in [0.4, 0.5) is 4.79 Å². The second-order valence-corrected chi connectivity index (χ2v) is 9.86. The molecule has 9 nitrogen and oxygen atoms in total. The van der Waals surface area contributed by atoms with Crippen LogP contribution in [0.15, 0.2) is 30.3 Å². The molecule has 0 heterocycles. The van der Waals surface area contributed by atoms with Gasteiger partial charge in [0, 0.05) is 5.92 Å². The Balaban J connectivity index is 1.72. The minimum Gasteiger partial charge on any atom is -0.464 e. The number of amides is 2. The third kappa shape index (κ3) is 5.03. The summed E-state index contributed by atoms with van der Waals surface area (Å²) in [6.07, 6.45) is -0.531. The molecule has 5 atom stereocenters. The lowest BCUT2D eigenvalue weighted by atomic mass is 9.45. The molecular weight excluding hydrogens is 440 g/mol. The van der Waals surface area contributed by atoms with Gasteiger partial charge in [-0.1, -0.05) is 51.1 Å². The number of esters is 2. The van der Waals surface area contributed by atoms with Crippen molar-refractivity contribution in [2.45, 2.75) is 65.2 Å². The summed E-state index contributed by atoms with van der Waals surface area (Å²) >= 11 is 0. The van der Waals surface area contributed by atoms with Crippen LogP contribution in [-0.2, 0) is 35.2 Å². The van der Waals surface area contributed by atoms with Crippen LogP contribution in [0.5, 0.6) is 0 Å². The summed E-state index contributed by atoms with van der Waals surface area (Å²) in [7, 11) is 0. The van der Waals surface area contributed by atoms with Crippen molar-refractivity contribution in [3.63, 3.8) is 0 Å². The van der Waals surface area contributed by atoms with Crippen LogP contribution in [0.2, 0.25) is 0 Å². The molecule has 3 fully saturated rings. The van der Waals surface area contributed by atoms with Gasteiger partial charge in [-0.15, -0.1) is 0 Å². The average Bonchev–Trinajstić information content (AvgIpc) is 2.77. The Morgan fingerprint density at radius 2 is 1.76 bits per heavy atom. The van der Waals surface area contributed by atoms with E-state index in [0.29, 0.717) is 23.8 Å². The highest BCUT2D eigenvalue weighted by molar-refractivity contribution is 6.11. The van der Waals surface area contributed by atoms with Crippen LogP contribution in [0, 0.1) is 23.2 Å². The summed E-state index contributed by atoms with van der Waals surface area (Å²) in [5, 5.41) is 2.19. The lowest BCUT2D eigenvalue weighted by molar-refractivity contribution is -0.197. The number of benzene rings is 1. The van der Waals surface area contributed by atoms with E-state index in [1.807, 2.05) is 6.07 Å². The number of ether oxygens (including phenoxy) is 3. The zero-order valence-electron chi connectivity index (χ0n) is 20.2. The molecule has 1 aromatic rings. The fourth-order valence-electron chi connectivity index (χ4n) is 5.45. The molecule has 4 rings (SSSR count). The fraction of sp³-hybridized carbons (Fsp3) is 0.600. The third-order valence-corrected chi connectivity index (χ3v) is 7.42. The molecule has 3 saturated carbocycles. The molecule has 0 saturated heterocycles. The van der Waals surface area contributed by atoms with Crippen LogP contribution < -0.4 is 11.1 Å². The van der Waals surface area contributed by atoms with Crippen LogP contribution in [0.1, 0.15) is 52.5 Å². The summed E-state index contributed by atoms with van der Waals surface area (Å²) in [5.74, 6) is -2.02. The number of fused-ring (bicyclic) bond motifs is 2. The number of hydrogen-bond acceptors (Lipinski definition) is 7. The Hall–Kier alpha value is -3.10. The highest BCUT2D eigenvalue weighted by Gasteiger charge is 2.59. The molecule has 0 aromatic heterocycles. The van der Waals surface area contributed by atoms with Gasteiger partial charge in [-0.2, -0.15) is 0 Å². The van der Waals surface area contributed by atoms with E-state index in [4.69, 9.17) is 19.9 Å². The van der Waals surface area contributed by atoms with E-state index in [0.717, 1.165) is 6.42 Å². The molecule has 2 bridgehead atoms. The number of nitrogens with two attached hydrogens (primary N) is 1. The number of carbonyl (C=O) groups excluding carboxylic acids is 4. The van der Waals surface area contributed by atoms with Crippen molar-refractivity contribution >= 4 is 23.9 Å². The Labute approximate surface area is 199 Å². The topological polar surface area (TPSA) is 134 Å². The van der Waals surface area contributed by atoms with Crippen LogP contribution in [-0.4, -0.2) is 42.2 Å². The van der Waals surface area contributed by atoms with Gasteiger partial charge in [0.25, 0.3) is 5.91 Å². The van der Waals surface area contributed by atoms with Crippen molar-refractivity contribution in [2.75, 3.05) is 6.61 Å². The first-order valence-corrected chi connectivity index (χ1v) is 11.7. The van der Waals surface area contributed by atoms with E-state index in [2.05, 4.69) is 26.1 Å². The predicted octanol–water partition coefficient (Wildman–Crippen LogP) is 2.70. The summed E-state index contributed by atoms with van der Waals surface area (Å²) in [6.45, 7) is 7.82. The quantitative estimate of drug-likeness (QED) is 0.319. The van der Waals surface area contributed by atoms with Gasteiger partial charge in [0.05, 0.1) is 13.0 Å². The highest BCUT2D eigenvalue weighted by atomic mass is 16.6. The summed E-state index contributed by atoms with van der Waals surface area (Å²) in [4.78, 5) is 50.7.